The molecule has 2 N–H and O–H groups in total. The van der Waals surface area contributed by atoms with Gasteiger partial charge in [-0.15, -0.1) is 0 Å². The van der Waals surface area contributed by atoms with Gasteiger partial charge >= 0.3 is 0 Å². The summed E-state index contributed by atoms with van der Waals surface area (Å²) in [5.41, 5.74) is 6.16. The highest BCUT2D eigenvalue weighted by Crippen LogP contribution is 2.26. The van der Waals surface area contributed by atoms with Crippen molar-refractivity contribution < 1.29 is 0 Å². The third kappa shape index (κ3) is 3.82. The van der Waals surface area contributed by atoms with Crippen molar-refractivity contribution in [3.8, 4) is 0 Å². The van der Waals surface area contributed by atoms with Crippen LogP contribution in [0.2, 0.25) is 0 Å². The highest BCUT2D eigenvalue weighted by atomic mass is 14.9. The van der Waals surface area contributed by atoms with E-state index in [9.17, 15) is 0 Å². The van der Waals surface area contributed by atoms with Gasteiger partial charge in [-0.05, 0) is 62.6 Å². The van der Waals surface area contributed by atoms with E-state index < -0.39 is 0 Å². The Kier molecular flexibility index (Phi) is 4.67. The first-order chi connectivity index (χ1) is 10.7. The van der Waals surface area contributed by atoms with Gasteiger partial charge in [0.1, 0.15) is 0 Å². The molecular weight excluding hydrogens is 268 g/mol. The van der Waals surface area contributed by atoms with Crippen LogP contribution in [-0.2, 0) is 0 Å². The summed E-state index contributed by atoms with van der Waals surface area (Å²) in [6.45, 7) is 4.30. The van der Waals surface area contributed by atoms with Crippen LogP contribution in [0.4, 0.5) is 17.1 Å². The molecule has 0 radical (unpaired) electrons. The molecule has 0 aliphatic heterocycles. The summed E-state index contributed by atoms with van der Waals surface area (Å²) in [5, 5.41) is 7.19. The quantitative estimate of drug-likeness (QED) is 0.745. The lowest BCUT2D eigenvalue weighted by Gasteiger charge is -2.25. The molecule has 0 atom stereocenters. The van der Waals surface area contributed by atoms with Gasteiger partial charge < -0.3 is 10.6 Å². The van der Waals surface area contributed by atoms with E-state index in [-0.39, 0.29) is 0 Å². The van der Waals surface area contributed by atoms with Crippen LogP contribution in [0.3, 0.4) is 0 Å². The summed E-state index contributed by atoms with van der Waals surface area (Å²) < 4.78 is 0. The van der Waals surface area contributed by atoms with E-state index in [0.29, 0.717) is 6.04 Å². The van der Waals surface area contributed by atoms with Gasteiger partial charge in [-0.1, -0.05) is 37.0 Å². The van der Waals surface area contributed by atoms with Crippen molar-refractivity contribution in [2.45, 2.75) is 52.0 Å². The van der Waals surface area contributed by atoms with E-state index in [1.807, 2.05) is 0 Å². The Hall–Kier alpha value is -1.96. The molecule has 1 aliphatic carbocycles. The zero-order valence-electron chi connectivity index (χ0n) is 13.7. The summed E-state index contributed by atoms with van der Waals surface area (Å²) in [6, 6.07) is 15.8. The molecule has 0 unspecified atom stereocenters. The van der Waals surface area contributed by atoms with Crippen LogP contribution in [0.1, 0.15) is 43.2 Å². The standard InChI is InChI=1S/C20H26N2/c1-15-8-10-18(11-9-15)21-19-12-13-20(16(2)14-19)22-17-6-4-3-5-7-17/h8-14,17,21-22H,3-7H2,1-2H3. The Morgan fingerprint density at radius 2 is 1.50 bits per heavy atom. The molecule has 0 spiro atoms. The number of hydrogen-bond donors (Lipinski definition) is 2. The largest absolute Gasteiger partial charge is 0.382 e. The normalized spacial score (nSPS) is 15.5. The molecule has 0 heterocycles. The summed E-state index contributed by atoms with van der Waals surface area (Å²) in [5.74, 6) is 0. The van der Waals surface area contributed by atoms with Crippen molar-refractivity contribution in [1.29, 1.82) is 0 Å². The summed E-state index contributed by atoms with van der Waals surface area (Å²) in [4.78, 5) is 0. The maximum absolute atomic E-state index is 3.72. The first kappa shape index (κ1) is 15.0. The van der Waals surface area contributed by atoms with Gasteiger partial charge in [-0.3, -0.25) is 0 Å². The van der Waals surface area contributed by atoms with E-state index in [0.717, 1.165) is 11.4 Å². The number of rotatable bonds is 4. The Bertz CT molecular complexity index is 610. The smallest absolute Gasteiger partial charge is 0.0388 e. The fourth-order valence-electron chi connectivity index (χ4n) is 3.17. The van der Waals surface area contributed by atoms with Crippen molar-refractivity contribution >= 4 is 17.1 Å². The van der Waals surface area contributed by atoms with Crippen LogP contribution in [0.15, 0.2) is 42.5 Å². The van der Waals surface area contributed by atoms with E-state index >= 15 is 0 Å². The summed E-state index contributed by atoms with van der Waals surface area (Å²) in [6.07, 6.45) is 6.75. The van der Waals surface area contributed by atoms with Crippen LogP contribution in [-0.4, -0.2) is 6.04 Å². The molecule has 2 heteroatoms. The molecular formula is C20H26N2. The number of aryl methyl sites for hydroxylation is 2. The molecule has 0 amide bonds. The lowest BCUT2D eigenvalue weighted by atomic mass is 9.95. The number of hydrogen-bond acceptors (Lipinski definition) is 2. The van der Waals surface area contributed by atoms with E-state index in [1.165, 1.54) is 48.9 Å². The Morgan fingerprint density at radius 1 is 0.818 bits per heavy atom. The van der Waals surface area contributed by atoms with Gasteiger partial charge in [0.15, 0.2) is 0 Å². The van der Waals surface area contributed by atoms with Crippen molar-refractivity contribution in [2.75, 3.05) is 10.6 Å². The van der Waals surface area contributed by atoms with Gasteiger partial charge in [0.25, 0.3) is 0 Å². The zero-order valence-corrected chi connectivity index (χ0v) is 13.7. The molecule has 1 fully saturated rings. The highest BCUT2D eigenvalue weighted by Gasteiger charge is 2.13. The highest BCUT2D eigenvalue weighted by molar-refractivity contribution is 5.65. The predicted octanol–water partition coefficient (Wildman–Crippen LogP) is 5.79. The third-order valence-electron chi connectivity index (χ3n) is 4.53. The SMILES string of the molecule is Cc1ccc(Nc2ccc(NC3CCCCC3)c(C)c2)cc1. The maximum atomic E-state index is 3.72. The Balaban J connectivity index is 1.67. The van der Waals surface area contributed by atoms with Crippen LogP contribution in [0, 0.1) is 13.8 Å². The first-order valence-corrected chi connectivity index (χ1v) is 8.41. The summed E-state index contributed by atoms with van der Waals surface area (Å²) in [7, 11) is 0. The Labute approximate surface area is 134 Å². The average molecular weight is 294 g/mol. The van der Waals surface area contributed by atoms with Crippen molar-refractivity contribution in [2.24, 2.45) is 0 Å². The van der Waals surface area contributed by atoms with E-state index in [4.69, 9.17) is 0 Å². The molecule has 2 aromatic rings. The van der Waals surface area contributed by atoms with Crippen molar-refractivity contribution in [1.82, 2.24) is 0 Å². The zero-order chi connectivity index (χ0) is 15.4. The minimum Gasteiger partial charge on any atom is -0.382 e. The predicted molar refractivity (Wildman–Crippen MR) is 96.1 cm³/mol. The van der Waals surface area contributed by atoms with Crippen LogP contribution in [0.5, 0.6) is 0 Å². The lowest BCUT2D eigenvalue weighted by Crippen LogP contribution is -2.22. The van der Waals surface area contributed by atoms with Crippen molar-refractivity contribution in [3.05, 3.63) is 53.6 Å². The molecule has 22 heavy (non-hydrogen) atoms. The van der Waals surface area contributed by atoms with Gasteiger partial charge in [-0.25, -0.2) is 0 Å². The van der Waals surface area contributed by atoms with Crippen molar-refractivity contribution in [3.63, 3.8) is 0 Å². The molecule has 3 rings (SSSR count). The second kappa shape index (κ2) is 6.87. The monoisotopic (exact) mass is 294 g/mol. The third-order valence-corrected chi connectivity index (χ3v) is 4.53. The average Bonchev–Trinajstić information content (AvgIpc) is 2.53. The second-order valence-corrected chi connectivity index (χ2v) is 6.50. The van der Waals surface area contributed by atoms with E-state index in [1.54, 1.807) is 0 Å². The topological polar surface area (TPSA) is 24.1 Å². The number of benzene rings is 2. The molecule has 116 valence electrons. The summed E-state index contributed by atoms with van der Waals surface area (Å²) >= 11 is 0. The minimum atomic E-state index is 0.656. The second-order valence-electron chi connectivity index (χ2n) is 6.50. The van der Waals surface area contributed by atoms with Gasteiger partial charge in [0.2, 0.25) is 0 Å². The molecule has 2 aromatic carbocycles. The molecule has 1 aliphatic rings. The fraction of sp³-hybridized carbons (Fsp3) is 0.400. The first-order valence-electron chi connectivity index (χ1n) is 8.41. The van der Waals surface area contributed by atoms with E-state index in [2.05, 4.69) is 66.9 Å². The Morgan fingerprint density at radius 3 is 2.18 bits per heavy atom. The molecule has 2 nitrogen and oxygen atoms in total. The number of anilines is 3. The lowest BCUT2D eigenvalue weighted by molar-refractivity contribution is 0.462. The minimum absolute atomic E-state index is 0.656. The number of nitrogens with one attached hydrogen (secondary N) is 2. The molecule has 1 saturated carbocycles. The fourth-order valence-corrected chi connectivity index (χ4v) is 3.17. The van der Waals surface area contributed by atoms with Crippen LogP contribution >= 0.6 is 0 Å². The van der Waals surface area contributed by atoms with Crippen LogP contribution < -0.4 is 10.6 Å². The molecule has 0 aromatic heterocycles. The van der Waals surface area contributed by atoms with Gasteiger partial charge in [-0.2, -0.15) is 0 Å². The van der Waals surface area contributed by atoms with Gasteiger partial charge in [0, 0.05) is 23.1 Å². The molecule has 0 saturated heterocycles. The van der Waals surface area contributed by atoms with Gasteiger partial charge in [0.05, 0.1) is 0 Å². The molecule has 0 bridgehead atoms. The van der Waals surface area contributed by atoms with Crippen LogP contribution in [0.25, 0.3) is 0 Å². The maximum Gasteiger partial charge on any atom is 0.0388 e.